The summed E-state index contributed by atoms with van der Waals surface area (Å²) in [5.74, 6) is -0.155. The van der Waals surface area contributed by atoms with Crippen LogP contribution in [-0.2, 0) is 14.3 Å². The zero-order valence-corrected chi connectivity index (χ0v) is 29.5. The lowest BCUT2D eigenvalue weighted by Gasteiger charge is -2.16. The fourth-order valence-electron chi connectivity index (χ4n) is 4.86. The third-order valence-electron chi connectivity index (χ3n) is 7.68. The summed E-state index contributed by atoms with van der Waals surface area (Å²) in [7, 11) is 0. The van der Waals surface area contributed by atoms with Crippen molar-refractivity contribution in [2.75, 3.05) is 19.7 Å². The van der Waals surface area contributed by atoms with E-state index in [4.69, 9.17) is 32.4 Å². The van der Waals surface area contributed by atoms with Gasteiger partial charge in [0.1, 0.15) is 6.10 Å². The molecule has 0 aromatic rings. The normalized spacial score (nSPS) is 13.5. The Morgan fingerprint density at radius 3 is 1.50 bits per heavy atom. The second kappa shape index (κ2) is 35.6. The van der Waals surface area contributed by atoms with Gasteiger partial charge in [-0.05, 0) is 63.5 Å². The van der Waals surface area contributed by atoms with Gasteiger partial charge in [-0.25, -0.2) is 0 Å². The number of allylic oxidation sites excluding steroid dienone is 2. The van der Waals surface area contributed by atoms with Gasteiger partial charge in [-0.1, -0.05) is 117 Å². The topological polar surface area (TPSA) is 140 Å². The molecular formula is C37H74N4O3. The summed E-state index contributed by atoms with van der Waals surface area (Å²) in [6.07, 6.45) is 32.6. The lowest BCUT2D eigenvalue weighted by Crippen LogP contribution is -2.25. The minimum absolute atomic E-state index is 0.0507. The Hall–Kier alpha value is -1.83. The summed E-state index contributed by atoms with van der Waals surface area (Å²) in [5.41, 5.74) is 23.9. The molecule has 0 amide bonds. The first-order valence-electron chi connectivity index (χ1n) is 18.2. The molecule has 2 atom stereocenters. The maximum atomic E-state index is 11.9. The average Bonchev–Trinajstić information content (AvgIpc) is 3.02. The largest absolute Gasteiger partial charge is 0.456 e. The predicted molar refractivity (Wildman–Crippen MR) is 191 cm³/mol. The number of unbranched alkanes of at least 4 members (excludes halogenated alkanes) is 15. The van der Waals surface area contributed by atoms with Crippen molar-refractivity contribution >= 4 is 5.97 Å². The summed E-state index contributed by atoms with van der Waals surface area (Å²) in [6.45, 7) is 10.2. The molecule has 2 unspecified atom stereocenters. The molecule has 0 fully saturated rings. The Labute approximate surface area is 273 Å². The summed E-state index contributed by atoms with van der Waals surface area (Å²) in [5, 5.41) is 0. The molecule has 7 heteroatoms. The Bertz CT molecular complexity index is 709. The van der Waals surface area contributed by atoms with Gasteiger partial charge in [0, 0.05) is 37.5 Å². The number of carbonyl (C=O) groups excluding carboxylic acids is 1. The fourth-order valence-corrected chi connectivity index (χ4v) is 4.86. The minimum Gasteiger partial charge on any atom is -0.456 e. The number of hydrogen-bond acceptors (Lipinski definition) is 7. The molecular weight excluding hydrogens is 548 g/mol. The third-order valence-corrected chi connectivity index (χ3v) is 7.68. The van der Waals surface area contributed by atoms with Crippen LogP contribution in [0.15, 0.2) is 35.7 Å². The van der Waals surface area contributed by atoms with E-state index in [1.54, 1.807) is 6.08 Å². The second-order valence-corrected chi connectivity index (χ2v) is 11.8. The first kappa shape index (κ1) is 44.3. The molecule has 260 valence electrons. The highest BCUT2D eigenvalue weighted by Gasteiger charge is 2.14. The first-order chi connectivity index (χ1) is 21.4. The van der Waals surface area contributed by atoms with Crippen molar-refractivity contribution in [2.24, 2.45) is 22.9 Å². The number of rotatable bonds is 29. The summed E-state index contributed by atoms with van der Waals surface area (Å²) < 4.78 is 11.2. The Balaban J connectivity index is 0. The molecule has 0 spiro atoms. The average molecular weight is 623 g/mol. The highest BCUT2D eigenvalue weighted by molar-refractivity contribution is 5.69. The van der Waals surface area contributed by atoms with Crippen LogP contribution in [0.1, 0.15) is 163 Å². The molecule has 44 heavy (non-hydrogen) atoms. The minimum atomic E-state index is -0.334. The van der Waals surface area contributed by atoms with Gasteiger partial charge in [0.05, 0.1) is 6.10 Å². The van der Waals surface area contributed by atoms with Gasteiger partial charge in [-0.3, -0.25) is 4.79 Å². The Morgan fingerprint density at radius 2 is 1.02 bits per heavy atom. The van der Waals surface area contributed by atoms with Crippen LogP contribution in [0.2, 0.25) is 0 Å². The van der Waals surface area contributed by atoms with Crippen LogP contribution < -0.4 is 22.9 Å². The highest BCUT2D eigenvalue weighted by atomic mass is 16.5. The van der Waals surface area contributed by atoms with Crippen LogP contribution in [0, 0.1) is 0 Å². The second-order valence-electron chi connectivity index (χ2n) is 11.8. The van der Waals surface area contributed by atoms with Gasteiger partial charge in [0.25, 0.3) is 0 Å². The molecule has 0 heterocycles. The number of esters is 1. The lowest BCUT2D eigenvalue weighted by atomic mass is 10.1. The van der Waals surface area contributed by atoms with Crippen LogP contribution in [0.4, 0.5) is 0 Å². The number of ether oxygens (including phenoxy) is 2. The van der Waals surface area contributed by atoms with Crippen LogP contribution >= 0.6 is 0 Å². The molecule has 0 saturated carbocycles. The van der Waals surface area contributed by atoms with E-state index in [1.807, 2.05) is 13.0 Å². The summed E-state index contributed by atoms with van der Waals surface area (Å²) in [6, 6.07) is 0. The molecule has 0 aliphatic heterocycles. The molecule has 8 N–H and O–H groups in total. The maximum absolute atomic E-state index is 11.9. The van der Waals surface area contributed by atoms with E-state index >= 15 is 0 Å². The van der Waals surface area contributed by atoms with Gasteiger partial charge in [-0.2, -0.15) is 0 Å². The summed E-state index contributed by atoms with van der Waals surface area (Å²) >= 11 is 0. The van der Waals surface area contributed by atoms with Crippen LogP contribution in [0.25, 0.3) is 0 Å². The number of nitrogens with two attached hydrogens (primary N) is 4. The standard InChI is InChI=1S/C24H46N2O2.C13H28N2O/c1-3-5-6-7-8-9-10-11-12-13-14-15-16-17-18-19-24(27)28-23(4-2)22(26)20-21-25;1-3-5-6-7-8-11-16-13(4-2)12(15)9-10-14/h11-12,20,23H,3-10,13-19,21,25-26H2,1-2H3;9,13H,3-8,10-11,14-15H2,1-2H3. The smallest absolute Gasteiger partial charge is 0.306 e. The van der Waals surface area contributed by atoms with Crippen molar-refractivity contribution < 1.29 is 14.3 Å². The highest BCUT2D eigenvalue weighted by Crippen LogP contribution is 2.13. The van der Waals surface area contributed by atoms with Crippen molar-refractivity contribution in [2.45, 2.75) is 175 Å². The zero-order valence-electron chi connectivity index (χ0n) is 29.5. The maximum Gasteiger partial charge on any atom is 0.306 e. The van der Waals surface area contributed by atoms with Gasteiger partial charge < -0.3 is 32.4 Å². The summed E-state index contributed by atoms with van der Waals surface area (Å²) in [4.78, 5) is 11.9. The van der Waals surface area contributed by atoms with E-state index in [0.29, 0.717) is 31.6 Å². The van der Waals surface area contributed by atoms with E-state index in [2.05, 4.69) is 32.9 Å². The molecule has 0 saturated heterocycles. The SMILES string of the molecule is CCCCCCCCC=CCCCCCCCC(=O)OC(CC)C(N)=CCN.CCCCCCCOC(CC)C(N)=CCN. The predicted octanol–water partition coefficient (Wildman–Crippen LogP) is 8.70. The van der Waals surface area contributed by atoms with Crippen LogP contribution in [0.3, 0.4) is 0 Å². The van der Waals surface area contributed by atoms with E-state index in [0.717, 1.165) is 38.0 Å². The first-order valence-corrected chi connectivity index (χ1v) is 18.2. The molecule has 0 aromatic heterocycles. The van der Waals surface area contributed by atoms with Gasteiger partial charge in [-0.15, -0.1) is 0 Å². The van der Waals surface area contributed by atoms with Crippen LogP contribution in [0.5, 0.6) is 0 Å². The number of hydrogen-bond donors (Lipinski definition) is 4. The number of carbonyl (C=O) groups is 1. The molecule has 0 radical (unpaired) electrons. The van der Waals surface area contributed by atoms with Crippen molar-refractivity contribution in [3.63, 3.8) is 0 Å². The monoisotopic (exact) mass is 623 g/mol. The molecule has 0 bridgehead atoms. The van der Waals surface area contributed by atoms with E-state index < -0.39 is 0 Å². The van der Waals surface area contributed by atoms with E-state index in [-0.39, 0.29) is 18.2 Å². The molecule has 0 rings (SSSR count). The van der Waals surface area contributed by atoms with Crippen LogP contribution in [-0.4, -0.2) is 37.9 Å². The van der Waals surface area contributed by atoms with Gasteiger partial charge in [0.15, 0.2) is 0 Å². The van der Waals surface area contributed by atoms with E-state index in [1.165, 1.54) is 96.3 Å². The quantitative estimate of drug-likeness (QED) is 0.0371. The molecule has 7 nitrogen and oxygen atoms in total. The van der Waals surface area contributed by atoms with Crippen molar-refractivity contribution in [1.82, 2.24) is 0 Å². The van der Waals surface area contributed by atoms with E-state index in [9.17, 15) is 4.79 Å². The lowest BCUT2D eigenvalue weighted by molar-refractivity contribution is -0.147. The molecule has 0 aliphatic carbocycles. The van der Waals surface area contributed by atoms with Crippen molar-refractivity contribution in [1.29, 1.82) is 0 Å². The van der Waals surface area contributed by atoms with Crippen molar-refractivity contribution in [3.05, 3.63) is 35.7 Å². The zero-order chi connectivity index (χ0) is 33.1. The van der Waals surface area contributed by atoms with Gasteiger partial charge in [0.2, 0.25) is 0 Å². The van der Waals surface area contributed by atoms with Crippen molar-refractivity contribution in [3.8, 4) is 0 Å². The van der Waals surface area contributed by atoms with Gasteiger partial charge >= 0.3 is 5.97 Å². The third kappa shape index (κ3) is 30.2. The molecule has 0 aromatic carbocycles. The fraction of sp³-hybridized carbons (Fsp3) is 0.811. The Morgan fingerprint density at radius 1 is 0.591 bits per heavy atom. The molecule has 0 aliphatic rings. The Kier molecular flexibility index (Phi) is 35.9.